The zero-order chi connectivity index (χ0) is 26.7. The molecule has 0 unspecified atom stereocenters. The third-order valence-corrected chi connectivity index (χ3v) is 5.81. The van der Waals surface area contributed by atoms with Crippen LogP contribution in [0.2, 0.25) is 0 Å². The van der Waals surface area contributed by atoms with Gasteiger partial charge >= 0.3 is 12.4 Å². The van der Waals surface area contributed by atoms with Crippen LogP contribution in [0, 0.1) is 0 Å². The molecule has 194 valence electrons. The van der Waals surface area contributed by atoms with E-state index in [1.165, 1.54) is 0 Å². The highest BCUT2D eigenvalue weighted by Gasteiger charge is 2.37. The summed E-state index contributed by atoms with van der Waals surface area (Å²) in [6.07, 6.45) is -9.62. The Balaban J connectivity index is 1.94. The van der Waals surface area contributed by atoms with E-state index in [1.807, 2.05) is 44.2 Å². The van der Waals surface area contributed by atoms with Crippen molar-refractivity contribution in [3.8, 4) is 0 Å². The van der Waals surface area contributed by atoms with E-state index in [1.54, 1.807) is 0 Å². The number of nitrogens with one attached hydrogen (secondary N) is 2. The minimum absolute atomic E-state index is 0.00750. The van der Waals surface area contributed by atoms with Crippen molar-refractivity contribution in [2.75, 3.05) is 30.3 Å². The molecule has 0 amide bonds. The van der Waals surface area contributed by atoms with E-state index >= 15 is 0 Å². The Kier molecular flexibility index (Phi) is 8.12. The van der Waals surface area contributed by atoms with Gasteiger partial charge < -0.3 is 15.5 Å². The van der Waals surface area contributed by atoms with E-state index < -0.39 is 40.0 Å². The lowest BCUT2D eigenvalue weighted by atomic mass is 10.0. The van der Waals surface area contributed by atoms with Crippen LogP contribution in [0.15, 0.2) is 58.1 Å². The van der Waals surface area contributed by atoms with Crippen LogP contribution in [-0.4, -0.2) is 30.6 Å². The van der Waals surface area contributed by atoms with Crippen LogP contribution in [0.1, 0.15) is 30.5 Å². The second-order valence-corrected chi connectivity index (χ2v) is 8.34. The highest BCUT2D eigenvalue weighted by molar-refractivity contribution is 5.79. The molecule has 0 aliphatic carbocycles. The van der Waals surface area contributed by atoms with Crippen molar-refractivity contribution in [1.82, 2.24) is 4.90 Å². The zero-order valence-corrected chi connectivity index (χ0v) is 19.6. The van der Waals surface area contributed by atoms with Crippen LogP contribution in [0.4, 0.5) is 43.4 Å². The predicted octanol–water partition coefficient (Wildman–Crippen LogP) is 5.43. The summed E-state index contributed by atoms with van der Waals surface area (Å²) >= 11 is 0. The molecule has 3 rings (SSSR count). The maximum absolute atomic E-state index is 13.2. The average Bonchev–Trinajstić information content (AvgIpc) is 2.83. The Bertz CT molecular complexity index is 1210. The summed E-state index contributed by atoms with van der Waals surface area (Å²) < 4.78 is 79.2. The van der Waals surface area contributed by atoms with Crippen LogP contribution < -0.4 is 21.5 Å². The van der Waals surface area contributed by atoms with Gasteiger partial charge in [0, 0.05) is 18.3 Å². The molecule has 0 spiro atoms. The second kappa shape index (κ2) is 10.7. The first-order valence-corrected chi connectivity index (χ1v) is 11.3. The van der Waals surface area contributed by atoms with Crippen molar-refractivity contribution >= 4 is 17.1 Å². The standard InChI is InChI=1S/C25H25F6N3O2/c1-3-34(4-2)14-19(10-15-8-6-5-7-9-15)33-21-20(22(35)23(21)36)32-18-12-16(24(26,27)28)11-17(13-18)25(29,30)31/h5-9,11-13,19,32-33H,3-4,10,14H2,1-2H3/t19-/m0/s1. The van der Waals surface area contributed by atoms with Crippen LogP contribution in [0.25, 0.3) is 0 Å². The molecule has 1 atom stereocenters. The van der Waals surface area contributed by atoms with Crippen LogP contribution in [-0.2, 0) is 18.8 Å². The summed E-state index contributed by atoms with van der Waals surface area (Å²) in [5, 5.41) is 5.32. The van der Waals surface area contributed by atoms with Gasteiger partial charge in [-0.05, 0) is 43.3 Å². The number of benzene rings is 2. The lowest BCUT2D eigenvalue weighted by Gasteiger charge is -2.28. The number of halogens is 6. The number of alkyl halides is 6. The molecule has 3 aromatic rings. The molecule has 0 aliphatic rings. The van der Waals surface area contributed by atoms with Gasteiger partial charge in [-0.25, -0.2) is 0 Å². The molecule has 0 saturated heterocycles. The van der Waals surface area contributed by atoms with Crippen molar-refractivity contribution in [3.63, 3.8) is 0 Å². The van der Waals surface area contributed by atoms with Gasteiger partial charge in [-0.3, -0.25) is 9.59 Å². The smallest absolute Gasteiger partial charge is 0.376 e. The highest BCUT2D eigenvalue weighted by atomic mass is 19.4. The van der Waals surface area contributed by atoms with Crippen LogP contribution in [0.3, 0.4) is 0 Å². The van der Waals surface area contributed by atoms with E-state index in [2.05, 4.69) is 15.5 Å². The topological polar surface area (TPSA) is 61.4 Å². The molecule has 5 nitrogen and oxygen atoms in total. The van der Waals surface area contributed by atoms with Gasteiger partial charge in [0.25, 0.3) is 10.9 Å². The van der Waals surface area contributed by atoms with Crippen molar-refractivity contribution in [3.05, 3.63) is 85.7 Å². The molecule has 2 N–H and O–H groups in total. The van der Waals surface area contributed by atoms with Crippen LogP contribution in [0.5, 0.6) is 0 Å². The van der Waals surface area contributed by atoms with Crippen molar-refractivity contribution < 1.29 is 26.3 Å². The van der Waals surface area contributed by atoms with Gasteiger partial charge in [0.05, 0.1) is 11.1 Å². The van der Waals surface area contributed by atoms with E-state index in [-0.39, 0.29) is 23.5 Å². The molecule has 0 bridgehead atoms. The van der Waals surface area contributed by atoms with Gasteiger partial charge in [-0.15, -0.1) is 0 Å². The summed E-state index contributed by atoms with van der Waals surface area (Å²) in [6.45, 7) is 5.83. The Morgan fingerprint density at radius 2 is 1.33 bits per heavy atom. The number of hydrogen-bond acceptors (Lipinski definition) is 5. The molecule has 0 radical (unpaired) electrons. The predicted molar refractivity (Wildman–Crippen MR) is 126 cm³/mol. The molecule has 11 heteroatoms. The molecular weight excluding hydrogens is 488 g/mol. The highest BCUT2D eigenvalue weighted by Crippen LogP contribution is 2.38. The van der Waals surface area contributed by atoms with Gasteiger partial charge in [0.1, 0.15) is 11.4 Å². The number of anilines is 3. The summed E-state index contributed by atoms with van der Waals surface area (Å²) in [5.41, 5.74) is -5.17. The Morgan fingerprint density at radius 3 is 1.83 bits per heavy atom. The summed E-state index contributed by atoms with van der Waals surface area (Å²) in [6, 6.07) is 9.88. The molecule has 0 aromatic heterocycles. The van der Waals surface area contributed by atoms with E-state index in [0.29, 0.717) is 38.2 Å². The molecule has 0 aliphatic heterocycles. The first-order valence-electron chi connectivity index (χ1n) is 11.3. The summed E-state index contributed by atoms with van der Waals surface area (Å²) in [4.78, 5) is 26.7. The minimum atomic E-state index is -5.04. The van der Waals surface area contributed by atoms with Gasteiger partial charge in [0.2, 0.25) is 0 Å². The zero-order valence-electron chi connectivity index (χ0n) is 19.6. The Labute approximate surface area is 203 Å². The van der Waals surface area contributed by atoms with Gasteiger partial charge in [-0.1, -0.05) is 44.2 Å². The molecule has 0 fully saturated rings. The lowest BCUT2D eigenvalue weighted by molar-refractivity contribution is -0.143. The van der Waals surface area contributed by atoms with Gasteiger partial charge in [0.15, 0.2) is 0 Å². The van der Waals surface area contributed by atoms with Crippen molar-refractivity contribution in [2.45, 2.75) is 38.7 Å². The first kappa shape index (κ1) is 27.3. The average molecular weight is 513 g/mol. The summed E-state index contributed by atoms with van der Waals surface area (Å²) in [7, 11) is 0. The molecule has 0 saturated carbocycles. The number of hydrogen-bond donors (Lipinski definition) is 2. The van der Waals surface area contributed by atoms with Gasteiger partial charge in [-0.2, -0.15) is 26.3 Å². The fraction of sp³-hybridized carbons (Fsp3) is 0.360. The fourth-order valence-corrected chi connectivity index (χ4v) is 3.88. The van der Waals surface area contributed by atoms with Crippen molar-refractivity contribution in [2.24, 2.45) is 0 Å². The Morgan fingerprint density at radius 1 is 0.806 bits per heavy atom. The normalized spacial score (nSPS) is 13.2. The number of likely N-dealkylation sites (N-methyl/N-ethyl adjacent to an activating group) is 1. The lowest BCUT2D eigenvalue weighted by Crippen LogP contribution is -2.43. The monoisotopic (exact) mass is 513 g/mol. The van der Waals surface area contributed by atoms with E-state index in [0.717, 1.165) is 5.56 Å². The molecule has 3 aromatic carbocycles. The Hall–Kier alpha value is -3.34. The number of rotatable bonds is 10. The van der Waals surface area contributed by atoms with Crippen molar-refractivity contribution in [1.29, 1.82) is 0 Å². The molecule has 0 heterocycles. The van der Waals surface area contributed by atoms with E-state index in [4.69, 9.17) is 0 Å². The quantitative estimate of drug-likeness (QED) is 0.280. The summed E-state index contributed by atoms with van der Waals surface area (Å²) in [5.74, 6) is 0. The number of nitrogens with zero attached hydrogens (tertiary/aromatic N) is 1. The first-order chi connectivity index (χ1) is 16.8. The minimum Gasteiger partial charge on any atom is -0.376 e. The van der Waals surface area contributed by atoms with E-state index in [9.17, 15) is 35.9 Å². The second-order valence-electron chi connectivity index (χ2n) is 8.34. The third kappa shape index (κ3) is 6.45. The third-order valence-electron chi connectivity index (χ3n) is 5.81. The molecular formula is C25H25F6N3O2. The fourth-order valence-electron chi connectivity index (χ4n) is 3.88. The SMILES string of the molecule is CCN(CC)C[C@H](Cc1ccccc1)Nc1c(Nc2cc(C(F)(F)F)cc(C(F)(F)F)c2)c(=O)c1=O. The van der Waals surface area contributed by atoms with Crippen LogP contribution >= 0.6 is 0 Å². The maximum atomic E-state index is 13.2. The largest absolute Gasteiger partial charge is 0.416 e. The molecule has 36 heavy (non-hydrogen) atoms. The maximum Gasteiger partial charge on any atom is 0.416 e.